The number of aromatic nitrogens is 5. The number of benzene rings is 2. The molecule has 0 unspecified atom stereocenters. The number of hydrogen-bond donors (Lipinski definition) is 1. The first-order chi connectivity index (χ1) is 16.0. The third-order valence-corrected chi connectivity index (χ3v) is 5.52. The van der Waals surface area contributed by atoms with Crippen molar-refractivity contribution in [1.29, 1.82) is 5.26 Å². The van der Waals surface area contributed by atoms with Crippen LogP contribution in [0.4, 0.5) is 10.2 Å². The Morgan fingerprint density at radius 3 is 2.76 bits per heavy atom. The fourth-order valence-electron chi connectivity index (χ4n) is 3.60. The molecule has 0 fully saturated rings. The van der Waals surface area contributed by atoms with Crippen molar-refractivity contribution in [2.24, 2.45) is 0 Å². The molecule has 0 amide bonds. The summed E-state index contributed by atoms with van der Waals surface area (Å²) in [5.41, 5.74) is 9.42. The standard InChI is InChI=1S/C23H15ClFN7O/c1-12-21(33-11-28-12)20-19(14-5-2-4-13(8-14)10-26)30-22(27)23-29-18(31-32(20)23)9-15-16(24)6-3-7-17(15)25/h2-8,11H,9H2,1H3,(H2,27,30). The van der Waals surface area contributed by atoms with Crippen molar-refractivity contribution in [3.63, 3.8) is 0 Å². The molecule has 0 aliphatic heterocycles. The van der Waals surface area contributed by atoms with E-state index in [0.29, 0.717) is 39.8 Å². The van der Waals surface area contributed by atoms with Crippen molar-refractivity contribution in [3.05, 3.63) is 82.3 Å². The monoisotopic (exact) mass is 459 g/mol. The van der Waals surface area contributed by atoms with E-state index in [1.807, 2.05) is 0 Å². The maximum absolute atomic E-state index is 14.3. The van der Waals surface area contributed by atoms with Gasteiger partial charge in [-0.1, -0.05) is 29.8 Å². The molecule has 0 aliphatic carbocycles. The fourth-order valence-corrected chi connectivity index (χ4v) is 3.83. The smallest absolute Gasteiger partial charge is 0.199 e. The Hall–Kier alpha value is -4.29. The Balaban J connectivity index is 1.77. The molecule has 0 saturated heterocycles. The molecule has 0 saturated carbocycles. The van der Waals surface area contributed by atoms with Gasteiger partial charge in [-0.3, -0.25) is 0 Å². The van der Waals surface area contributed by atoms with Gasteiger partial charge in [-0.15, -0.1) is 0 Å². The molecule has 0 aliphatic rings. The summed E-state index contributed by atoms with van der Waals surface area (Å²) in [4.78, 5) is 13.2. The van der Waals surface area contributed by atoms with Crippen molar-refractivity contribution in [2.75, 3.05) is 5.73 Å². The van der Waals surface area contributed by atoms with Gasteiger partial charge in [-0.25, -0.2) is 23.9 Å². The summed E-state index contributed by atoms with van der Waals surface area (Å²) in [6.07, 6.45) is 1.38. The quantitative estimate of drug-likeness (QED) is 0.417. The number of hydrogen-bond acceptors (Lipinski definition) is 7. The summed E-state index contributed by atoms with van der Waals surface area (Å²) in [7, 11) is 0. The number of fused-ring (bicyclic) bond motifs is 1. The molecule has 2 N–H and O–H groups in total. The molecule has 0 radical (unpaired) electrons. The Kier molecular flexibility index (Phi) is 4.99. The minimum atomic E-state index is -0.451. The average Bonchev–Trinajstić information content (AvgIpc) is 3.43. The van der Waals surface area contributed by atoms with Crippen LogP contribution in [0, 0.1) is 24.1 Å². The lowest BCUT2D eigenvalue weighted by Crippen LogP contribution is -2.05. The zero-order chi connectivity index (χ0) is 23.1. The number of nitrogens with zero attached hydrogens (tertiary/aromatic N) is 6. The van der Waals surface area contributed by atoms with E-state index in [2.05, 4.69) is 26.1 Å². The van der Waals surface area contributed by atoms with Crippen LogP contribution in [-0.4, -0.2) is 24.6 Å². The molecule has 5 aromatic rings. The lowest BCUT2D eigenvalue weighted by Gasteiger charge is -2.11. The Bertz CT molecular complexity index is 1550. The summed E-state index contributed by atoms with van der Waals surface area (Å²) >= 11 is 6.19. The van der Waals surface area contributed by atoms with Crippen LogP contribution in [0.25, 0.3) is 28.4 Å². The molecule has 33 heavy (non-hydrogen) atoms. The number of nitrogens with two attached hydrogens (primary N) is 1. The van der Waals surface area contributed by atoms with Crippen molar-refractivity contribution in [2.45, 2.75) is 13.3 Å². The zero-order valence-corrected chi connectivity index (χ0v) is 18.0. The van der Waals surface area contributed by atoms with Gasteiger partial charge in [0.1, 0.15) is 17.2 Å². The van der Waals surface area contributed by atoms with Gasteiger partial charge in [0.05, 0.1) is 17.3 Å². The van der Waals surface area contributed by atoms with Gasteiger partial charge in [0.15, 0.2) is 29.4 Å². The van der Waals surface area contributed by atoms with Crippen LogP contribution in [0.1, 0.15) is 22.6 Å². The number of rotatable bonds is 4. The van der Waals surface area contributed by atoms with Gasteiger partial charge in [0.2, 0.25) is 0 Å². The SMILES string of the molecule is Cc1ncoc1-c1c(-c2cccc(C#N)c2)nc(N)c2nc(Cc3c(F)cccc3Cl)nn12. The highest BCUT2D eigenvalue weighted by Crippen LogP contribution is 2.35. The van der Waals surface area contributed by atoms with E-state index in [4.69, 9.17) is 21.8 Å². The van der Waals surface area contributed by atoms with E-state index in [1.165, 1.54) is 23.0 Å². The van der Waals surface area contributed by atoms with E-state index in [9.17, 15) is 9.65 Å². The maximum Gasteiger partial charge on any atom is 0.199 e. The first-order valence-electron chi connectivity index (χ1n) is 9.85. The first kappa shape index (κ1) is 20.6. The minimum absolute atomic E-state index is 0.0563. The summed E-state index contributed by atoms with van der Waals surface area (Å²) < 4.78 is 21.5. The highest BCUT2D eigenvalue weighted by Gasteiger charge is 2.24. The van der Waals surface area contributed by atoms with E-state index in [0.717, 1.165) is 0 Å². The van der Waals surface area contributed by atoms with Gasteiger partial charge in [-0.05, 0) is 31.2 Å². The molecule has 5 rings (SSSR count). The maximum atomic E-state index is 14.3. The van der Waals surface area contributed by atoms with Gasteiger partial charge >= 0.3 is 0 Å². The molecule has 0 atom stereocenters. The van der Waals surface area contributed by atoms with Crippen LogP contribution in [0.5, 0.6) is 0 Å². The van der Waals surface area contributed by atoms with E-state index >= 15 is 0 Å². The minimum Gasteiger partial charge on any atom is -0.441 e. The predicted molar refractivity (Wildman–Crippen MR) is 120 cm³/mol. The molecule has 162 valence electrons. The molecule has 3 aromatic heterocycles. The molecule has 3 heterocycles. The number of halogens is 2. The van der Waals surface area contributed by atoms with Crippen LogP contribution in [0.15, 0.2) is 53.3 Å². The predicted octanol–water partition coefficient (Wildman–Crippen LogP) is 4.59. The zero-order valence-electron chi connectivity index (χ0n) is 17.3. The van der Waals surface area contributed by atoms with Crippen LogP contribution >= 0.6 is 11.6 Å². The molecule has 8 nitrogen and oxygen atoms in total. The summed E-state index contributed by atoms with van der Waals surface area (Å²) in [6, 6.07) is 13.5. The number of nitriles is 1. The van der Waals surface area contributed by atoms with Crippen molar-refractivity contribution >= 4 is 23.1 Å². The van der Waals surface area contributed by atoms with E-state index < -0.39 is 5.82 Å². The van der Waals surface area contributed by atoms with Gasteiger partial charge in [-0.2, -0.15) is 10.4 Å². The molecular formula is C23H15ClFN7O. The third kappa shape index (κ3) is 3.56. The number of oxazole rings is 1. The van der Waals surface area contributed by atoms with E-state index in [-0.39, 0.29) is 28.5 Å². The number of nitrogen functional groups attached to an aromatic ring is 1. The molecule has 10 heteroatoms. The Morgan fingerprint density at radius 2 is 2.03 bits per heavy atom. The van der Waals surface area contributed by atoms with Crippen molar-refractivity contribution in [3.8, 4) is 28.8 Å². The van der Waals surface area contributed by atoms with Gasteiger partial charge in [0, 0.05) is 22.6 Å². The number of anilines is 1. The number of aryl methyl sites for hydroxylation is 1. The fraction of sp³-hybridized carbons (Fsp3) is 0.0870. The van der Waals surface area contributed by atoms with Crippen LogP contribution in [-0.2, 0) is 6.42 Å². The first-order valence-corrected chi connectivity index (χ1v) is 10.2. The normalized spacial score (nSPS) is 11.1. The van der Waals surface area contributed by atoms with Crippen LogP contribution in [0.2, 0.25) is 5.02 Å². The Morgan fingerprint density at radius 1 is 1.21 bits per heavy atom. The summed E-state index contributed by atoms with van der Waals surface area (Å²) in [5.74, 6) is 0.390. The average molecular weight is 460 g/mol. The topological polar surface area (TPSA) is 119 Å². The summed E-state index contributed by atoms with van der Waals surface area (Å²) in [6.45, 7) is 1.79. The molecule has 0 bridgehead atoms. The highest BCUT2D eigenvalue weighted by molar-refractivity contribution is 6.31. The van der Waals surface area contributed by atoms with Crippen LogP contribution < -0.4 is 5.73 Å². The molecular weight excluding hydrogens is 445 g/mol. The lowest BCUT2D eigenvalue weighted by molar-refractivity contribution is 0.566. The van der Waals surface area contributed by atoms with Crippen molar-refractivity contribution < 1.29 is 8.81 Å². The molecule has 0 spiro atoms. The second kappa shape index (κ2) is 8.00. The lowest BCUT2D eigenvalue weighted by atomic mass is 10.0. The van der Waals surface area contributed by atoms with Gasteiger partial charge in [0.25, 0.3) is 0 Å². The van der Waals surface area contributed by atoms with Gasteiger partial charge < -0.3 is 10.2 Å². The molecule has 2 aromatic carbocycles. The Labute approximate surface area is 192 Å². The third-order valence-electron chi connectivity index (χ3n) is 5.17. The largest absolute Gasteiger partial charge is 0.441 e. The van der Waals surface area contributed by atoms with Crippen molar-refractivity contribution in [1.82, 2.24) is 24.6 Å². The van der Waals surface area contributed by atoms with Crippen LogP contribution in [0.3, 0.4) is 0 Å². The second-order valence-electron chi connectivity index (χ2n) is 7.29. The highest BCUT2D eigenvalue weighted by atomic mass is 35.5. The second-order valence-corrected chi connectivity index (χ2v) is 7.70. The summed E-state index contributed by atoms with van der Waals surface area (Å²) in [5, 5.41) is 14.2. The van der Waals surface area contributed by atoms with E-state index in [1.54, 1.807) is 37.3 Å².